The molecule has 1 fully saturated rings. The summed E-state index contributed by atoms with van der Waals surface area (Å²) in [6, 6.07) is 16.4. The maximum Gasteiger partial charge on any atom is 0.243 e. The van der Waals surface area contributed by atoms with E-state index in [2.05, 4.69) is 11.1 Å². The molecule has 0 unspecified atom stereocenters. The molecule has 4 rings (SSSR count). The molecule has 1 aliphatic rings. The Bertz CT molecular complexity index is 1170. The number of piperazine rings is 1. The van der Waals surface area contributed by atoms with Crippen LogP contribution in [0.5, 0.6) is 0 Å². The van der Waals surface area contributed by atoms with Gasteiger partial charge in [-0.25, -0.2) is 17.8 Å². The molecule has 28 heavy (non-hydrogen) atoms. The van der Waals surface area contributed by atoms with Gasteiger partial charge in [-0.05, 0) is 36.4 Å². The van der Waals surface area contributed by atoms with E-state index in [1.165, 1.54) is 16.4 Å². The summed E-state index contributed by atoms with van der Waals surface area (Å²) < 4.78 is 40.0. The molecule has 0 atom stereocenters. The molecule has 0 radical (unpaired) electrons. The molecular formula is C20H17FN4O2S. The summed E-state index contributed by atoms with van der Waals surface area (Å²) >= 11 is 0. The van der Waals surface area contributed by atoms with Gasteiger partial charge in [0.25, 0.3) is 0 Å². The van der Waals surface area contributed by atoms with Crippen LogP contribution in [-0.4, -0.2) is 43.9 Å². The van der Waals surface area contributed by atoms with Gasteiger partial charge < -0.3 is 4.90 Å². The van der Waals surface area contributed by atoms with Gasteiger partial charge in [-0.2, -0.15) is 9.57 Å². The minimum Gasteiger partial charge on any atom is -0.353 e. The number of anilines is 1. The number of benzene rings is 2. The van der Waals surface area contributed by atoms with Crippen LogP contribution in [0.3, 0.4) is 0 Å². The van der Waals surface area contributed by atoms with Gasteiger partial charge in [0.05, 0.1) is 16.0 Å². The third kappa shape index (κ3) is 3.30. The lowest BCUT2D eigenvalue weighted by Gasteiger charge is -2.35. The second-order valence-corrected chi connectivity index (χ2v) is 8.45. The van der Waals surface area contributed by atoms with E-state index >= 15 is 0 Å². The Morgan fingerprint density at radius 3 is 2.36 bits per heavy atom. The SMILES string of the molecule is N#Cc1cc2ccccc2nc1N1CCN(S(=O)(=O)c2ccc(F)cc2)CC1. The van der Waals surface area contributed by atoms with Crippen LogP contribution in [0.25, 0.3) is 10.9 Å². The molecule has 0 saturated carbocycles. The molecule has 0 aliphatic carbocycles. The lowest BCUT2D eigenvalue weighted by Crippen LogP contribution is -2.49. The minimum absolute atomic E-state index is 0.0731. The number of hydrogen-bond donors (Lipinski definition) is 0. The highest BCUT2D eigenvalue weighted by molar-refractivity contribution is 7.89. The Morgan fingerprint density at radius 2 is 1.68 bits per heavy atom. The molecule has 6 nitrogen and oxygen atoms in total. The van der Waals surface area contributed by atoms with Gasteiger partial charge in [-0.15, -0.1) is 0 Å². The van der Waals surface area contributed by atoms with Gasteiger partial charge in [0.2, 0.25) is 10.0 Å². The van der Waals surface area contributed by atoms with Crippen molar-refractivity contribution in [3.63, 3.8) is 0 Å². The number of pyridine rings is 1. The van der Waals surface area contributed by atoms with Crippen LogP contribution in [0.4, 0.5) is 10.2 Å². The van der Waals surface area contributed by atoms with E-state index in [0.717, 1.165) is 23.0 Å². The van der Waals surface area contributed by atoms with Crippen LogP contribution >= 0.6 is 0 Å². The maximum absolute atomic E-state index is 13.1. The molecule has 3 aromatic rings. The number of aromatic nitrogens is 1. The topological polar surface area (TPSA) is 77.3 Å². The second kappa shape index (κ2) is 7.19. The molecule has 142 valence electrons. The summed E-state index contributed by atoms with van der Waals surface area (Å²) in [5.41, 5.74) is 1.26. The van der Waals surface area contributed by atoms with Gasteiger partial charge in [0.1, 0.15) is 17.7 Å². The number of fused-ring (bicyclic) bond motifs is 1. The van der Waals surface area contributed by atoms with Crippen LogP contribution in [-0.2, 0) is 10.0 Å². The molecular weight excluding hydrogens is 379 g/mol. The first-order chi connectivity index (χ1) is 13.5. The number of sulfonamides is 1. The highest BCUT2D eigenvalue weighted by Crippen LogP contribution is 2.25. The number of para-hydroxylation sites is 1. The summed E-state index contributed by atoms with van der Waals surface area (Å²) in [7, 11) is -3.68. The van der Waals surface area contributed by atoms with E-state index in [1.54, 1.807) is 6.07 Å². The highest BCUT2D eigenvalue weighted by Gasteiger charge is 2.29. The number of nitriles is 1. The van der Waals surface area contributed by atoms with Crippen molar-refractivity contribution in [2.45, 2.75) is 4.90 Å². The van der Waals surface area contributed by atoms with E-state index < -0.39 is 15.8 Å². The molecule has 2 heterocycles. The lowest BCUT2D eigenvalue weighted by molar-refractivity contribution is 0.384. The number of rotatable bonds is 3. The van der Waals surface area contributed by atoms with Gasteiger partial charge >= 0.3 is 0 Å². The van der Waals surface area contributed by atoms with Crippen molar-refractivity contribution < 1.29 is 12.8 Å². The normalized spacial score (nSPS) is 15.5. The predicted molar refractivity (Wildman–Crippen MR) is 104 cm³/mol. The summed E-state index contributed by atoms with van der Waals surface area (Å²) in [6.45, 7) is 1.36. The Labute approximate surface area is 162 Å². The Balaban J connectivity index is 1.57. The number of hydrogen-bond acceptors (Lipinski definition) is 5. The fourth-order valence-electron chi connectivity index (χ4n) is 3.33. The molecule has 1 aliphatic heterocycles. The third-order valence-electron chi connectivity index (χ3n) is 4.81. The molecule has 0 N–H and O–H groups in total. The first kappa shape index (κ1) is 18.3. The van der Waals surface area contributed by atoms with Crippen molar-refractivity contribution in [1.82, 2.24) is 9.29 Å². The molecule has 0 amide bonds. The quantitative estimate of drug-likeness (QED) is 0.680. The zero-order valence-corrected chi connectivity index (χ0v) is 15.7. The summed E-state index contributed by atoms with van der Waals surface area (Å²) in [4.78, 5) is 6.62. The molecule has 2 aromatic carbocycles. The number of nitrogens with zero attached hydrogens (tertiary/aromatic N) is 4. The molecule has 0 bridgehead atoms. The average Bonchev–Trinajstić information content (AvgIpc) is 2.73. The van der Waals surface area contributed by atoms with Crippen LogP contribution in [0.15, 0.2) is 59.5 Å². The van der Waals surface area contributed by atoms with Crippen molar-refractivity contribution >= 4 is 26.7 Å². The Morgan fingerprint density at radius 1 is 1.00 bits per heavy atom. The monoisotopic (exact) mass is 396 g/mol. The highest BCUT2D eigenvalue weighted by atomic mass is 32.2. The standard InChI is InChI=1S/C20H17FN4O2S/c21-17-5-7-18(8-6-17)28(26,27)25-11-9-24(10-12-25)20-16(14-22)13-15-3-1-2-4-19(15)23-20/h1-8,13H,9-12H2. The smallest absolute Gasteiger partial charge is 0.243 e. The molecule has 0 spiro atoms. The van der Waals surface area contributed by atoms with Gasteiger partial charge in [0, 0.05) is 31.6 Å². The van der Waals surface area contributed by atoms with Crippen molar-refractivity contribution in [3.8, 4) is 6.07 Å². The lowest BCUT2D eigenvalue weighted by atomic mass is 10.1. The summed E-state index contributed by atoms with van der Waals surface area (Å²) in [5, 5.41) is 10.4. The first-order valence-corrected chi connectivity index (χ1v) is 10.2. The first-order valence-electron chi connectivity index (χ1n) is 8.79. The van der Waals surface area contributed by atoms with Gasteiger partial charge in [-0.1, -0.05) is 18.2 Å². The van der Waals surface area contributed by atoms with E-state index in [4.69, 9.17) is 0 Å². The van der Waals surface area contributed by atoms with Crippen LogP contribution in [0.1, 0.15) is 5.56 Å². The van der Waals surface area contributed by atoms with Crippen molar-refractivity contribution in [2.75, 3.05) is 31.1 Å². The zero-order valence-electron chi connectivity index (χ0n) is 14.9. The predicted octanol–water partition coefficient (Wildman–Crippen LogP) is 2.76. The average molecular weight is 396 g/mol. The van der Waals surface area contributed by atoms with Crippen LogP contribution in [0.2, 0.25) is 0 Å². The fraction of sp³-hybridized carbons (Fsp3) is 0.200. The number of halogens is 1. The Kier molecular flexibility index (Phi) is 4.71. The van der Waals surface area contributed by atoms with Crippen LogP contribution in [0, 0.1) is 17.1 Å². The van der Waals surface area contributed by atoms with Crippen molar-refractivity contribution in [3.05, 3.63) is 66.0 Å². The maximum atomic E-state index is 13.1. The van der Waals surface area contributed by atoms with E-state index in [1.807, 2.05) is 29.2 Å². The summed E-state index contributed by atoms with van der Waals surface area (Å²) in [5.74, 6) is 0.0928. The van der Waals surface area contributed by atoms with E-state index in [0.29, 0.717) is 24.5 Å². The molecule has 1 aromatic heterocycles. The van der Waals surface area contributed by atoms with Gasteiger partial charge in [-0.3, -0.25) is 0 Å². The van der Waals surface area contributed by atoms with Crippen molar-refractivity contribution in [2.24, 2.45) is 0 Å². The van der Waals surface area contributed by atoms with Crippen LogP contribution < -0.4 is 4.90 Å². The van der Waals surface area contributed by atoms with E-state index in [-0.39, 0.29) is 18.0 Å². The second-order valence-electron chi connectivity index (χ2n) is 6.51. The van der Waals surface area contributed by atoms with Gasteiger partial charge in [0.15, 0.2) is 0 Å². The molecule has 8 heteroatoms. The largest absolute Gasteiger partial charge is 0.353 e. The zero-order chi connectivity index (χ0) is 19.7. The minimum atomic E-state index is -3.68. The molecule has 1 saturated heterocycles. The Hall–Kier alpha value is -3.02. The fourth-order valence-corrected chi connectivity index (χ4v) is 4.75. The third-order valence-corrected chi connectivity index (χ3v) is 6.73. The van der Waals surface area contributed by atoms with E-state index in [9.17, 15) is 18.1 Å². The van der Waals surface area contributed by atoms with Crippen molar-refractivity contribution in [1.29, 1.82) is 5.26 Å². The summed E-state index contributed by atoms with van der Waals surface area (Å²) in [6.07, 6.45) is 0.